The van der Waals surface area contributed by atoms with Crippen molar-refractivity contribution in [1.29, 1.82) is 0 Å². The Morgan fingerprint density at radius 2 is 1.00 bits per heavy atom. The first-order chi connectivity index (χ1) is 14.3. The number of hydrogen-bond donors (Lipinski definition) is 3. The van der Waals surface area contributed by atoms with Crippen molar-refractivity contribution in [2.24, 2.45) is 5.10 Å². The van der Waals surface area contributed by atoms with E-state index in [0.717, 1.165) is 16.9 Å². The van der Waals surface area contributed by atoms with E-state index in [2.05, 4.69) is 36.1 Å². The van der Waals surface area contributed by atoms with Crippen LogP contribution in [0.2, 0.25) is 0 Å². The lowest BCUT2D eigenvalue weighted by Gasteiger charge is -2.10. The standard InChI is InChI=1S/C22H19N7.ClH/c1-4-10-17(11-5-1)16-23-29-22-27-20(24-18-12-6-2-7-13-18)26-21(28-22)25-19-14-8-3-9-15-19;/h1-16H,(H3,24,25,26,27,28,29);1H/b23-16+;. The van der Waals surface area contributed by atoms with E-state index in [9.17, 15) is 0 Å². The Hall–Kier alpha value is -3.97. The van der Waals surface area contributed by atoms with Gasteiger partial charge in [-0.05, 0) is 29.8 Å². The van der Waals surface area contributed by atoms with Gasteiger partial charge in [-0.25, -0.2) is 5.43 Å². The van der Waals surface area contributed by atoms with Gasteiger partial charge in [0.1, 0.15) is 0 Å². The summed E-state index contributed by atoms with van der Waals surface area (Å²) in [6.07, 6.45) is 1.71. The molecule has 7 nitrogen and oxygen atoms in total. The summed E-state index contributed by atoms with van der Waals surface area (Å²) in [5.41, 5.74) is 5.60. The van der Waals surface area contributed by atoms with E-state index in [1.807, 2.05) is 91.0 Å². The van der Waals surface area contributed by atoms with Crippen LogP contribution in [0.25, 0.3) is 0 Å². The van der Waals surface area contributed by atoms with Crippen molar-refractivity contribution >= 4 is 47.8 Å². The minimum Gasteiger partial charge on any atom is -0.324 e. The van der Waals surface area contributed by atoms with E-state index < -0.39 is 0 Å². The molecule has 0 unspecified atom stereocenters. The molecule has 0 saturated heterocycles. The van der Waals surface area contributed by atoms with E-state index >= 15 is 0 Å². The van der Waals surface area contributed by atoms with Gasteiger partial charge >= 0.3 is 0 Å². The van der Waals surface area contributed by atoms with Gasteiger partial charge in [-0.1, -0.05) is 66.7 Å². The molecule has 8 heteroatoms. The Bertz CT molecular complexity index is 1010. The molecule has 0 atom stereocenters. The van der Waals surface area contributed by atoms with E-state index in [1.165, 1.54) is 0 Å². The van der Waals surface area contributed by atoms with Gasteiger partial charge < -0.3 is 10.6 Å². The summed E-state index contributed by atoms with van der Waals surface area (Å²) >= 11 is 0. The highest BCUT2D eigenvalue weighted by molar-refractivity contribution is 5.85. The monoisotopic (exact) mass is 417 g/mol. The Morgan fingerprint density at radius 1 is 0.567 bits per heavy atom. The number of halogens is 1. The van der Waals surface area contributed by atoms with Crippen molar-refractivity contribution in [2.45, 2.75) is 0 Å². The van der Waals surface area contributed by atoms with Gasteiger partial charge in [0, 0.05) is 11.4 Å². The molecule has 0 bridgehead atoms. The van der Waals surface area contributed by atoms with E-state index in [0.29, 0.717) is 17.8 Å². The lowest BCUT2D eigenvalue weighted by Crippen LogP contribution is -2.07. The largest absolute Gasteiger partial charge is 0.324 e. The Morgan fingerprint density at radius 3 is 1.50 bits per heavy atom. The minimum atomic E-state index is 0. The lowest BCUT2D eigenvalue weighted by atomic mass is 10.2. The first kappa shape index (κ1) is 20.8. The van der Waals surface area contributed by atoms with E-state index in [4.69, 9.17) is 0 Å². The van der Waals surface area contributed by atoms with Crippen LogP contribution in [-0.4, -0.2) is 21.2 Å². The van der Waals surface area contributed by atoms with Crippen LogP contribution < -0.4 is 16.1 Å². The second-order valence-corrected chi connectivity index (χ2v) is 6.07. The SMILES string of the molecule is C(=N\Nc1nc(Nc2ccccc2)nc(Nc2ccccc2)n1)/c1ccccc1.Cl. The molecular weight excluding hydrogens is 398 g/mol. The molecule has 150 valence electrons. The van der Waals surface area contributed by atoms with Crippen molar-refractivity contribution in [3.8, 4) is 0 Å². The third kappa shape index (κ3) is 6.02. The predicted molar refractivity (Wildman–Crippen MR) is 124 cm³/mol. The number of para-hydroxylation sites is 2. The molecule has 1 aromatic heterocycles. The number of rotatable bonds is 7. The fraction of sp³-hybridized carbons (Fsp3) is 0. The Balaban J connectivity index is 0.00000256. The van der Waals surface area contributed by atoms with Crippen LogP contribution in [0.3, 0.4) is 0 Å². The van der Waals surface area contributed by atoms with Crippen LogP contribution in [0.1, 0.15) is 5.56 Å². The zero-order valence-corrected chi connectivity index (χ0v) is 16.8. The second-order valence-electron chi connectivity index (χ2n) is 6.07. The maximum atomic E-state index is 4.45. The summed E-state index contributed by atoms with van der Waals surface area (Å²) in [6.45, 7) is 0. The number of anilines is 5. The molecule has 4 aromatic rings. The molecule has 0 aliphatic carbocycles. The average molecular weight is 418 g/mol. The highest BCUT2D eigenvalue weighted by Crippen LogP contribution is 2.18. The first-order valence-electron chi connectivity index (χ1n) is 9.09. The van der Waals surface area contributed by atoms with Crippen LogP contribution in [0.5, 0.6) is 0 Å². The molecule has 4 rings (SSSR count). The van der Waals surface area contributed by atoms with Crippen molar-refractivity contribution in [2.75, 3.05) is 16.1 Å². The van der Waals surface area contributed by atoms with E-state index in [1.54, 1.807) is 6.21 Å². The van der Waals surface area contributed by atoms with Gasteiger partial charge in [0.2, 0.25) is 17.8 Å². The summed E-state index contributed by atoms with van der Waals surface area (Å²) in [4.78, 5) is 13.3. The predicted octanol–water partition coefficient (Wildman–Crippen LogP) is 5.23. The normalized spacial score (nSPS) is 10.3. The zero-order valence-electron chi connectivity index (χ0n) is 15.9. The Labute approximate surface area is 180 Å². The molecule has 30 heavy (non-hydrogen) atoms. The highest BCUT2D eigenvalue weighted by atomic mass is 35.5. The van der Waals surface area contributed by atoms with Gasteiger partial charge in [0.15, 0.2) is 0 Å². The van der Waals surface area contributed by atoms with Gasteiger partial charge in [-0.15, -0.1) is 12.4 Å². The van der Waals surface area contributed by atoms with Crippen molar-refractivity contribution in [3.05, 3.63) is 96.6 Å². The van der Waals surface area contributed by atoms with Crippen molar-refractivity contribution in [3.63, 3.8) is 0 Å². The molecule has 0 aliphatic rings. The lowest BCUT2D eigenvalue weighted by molar-refractivity contribution is 1.04. The number of hydrogen-bond acceptors (Lipinski definition) is 7. The molecular formula is C22H20ClN7. The van der Waals surface area contributed by atoms with Gasteiger partial charge in [-0.2, -0.15) is 20.1 Å². The molecule has 3 aromatic carbocycles. The molecule has 1 heterocycles. The van der Waals surface area contributed by atoms with Crippen LogP contribution in [0.4, 0.5) is 29.2 Å². The van der Waals surface area contributed by atoms with E-state index in [-0.39, 0.29) is 12.4 Å². The van der Waals surface area contributed by atoms with Crippen LogP contribution in [0, 0.1) is 0 Å². The quantitative estimate of drug-likeness (QED) is 0.282. The molecule has 3 N–H and O–H groups in total. The molecule has 0 amide bonds. The fourth-order valence-electron chi connectivity index (χ4n) is 2.54. The van der Waals surface area contributed by atoms with Crippen LogP contribution in [-0.2, 0) is 0 Å². The smallest absolute Gasteiger partial charge is 0.250 e. The number of hydrazone groups is 1. The topological polar surface area (TPSA) is 87.1 Å². The molecule has 0 radical (unpaired) electrons. The van der Waals surface area contributed by atoms with Crippen LogP contribution in [0.15, 0.2) is 96.1 Å². The first-order valence-corrected chi connectivity index (χ1v) is 9.09. The average Bonchev–Trinajstić information content (AvgIpc) is 2.76. The Kier molecular flexibility index (Phi) is 7.29. The van der Waals surface area contributed by atoms with Crippen LogP contribution >= 0.6 is 12.4 Å². The molecule has 0 saturated carbocycles. The minimum absolute atomic E-state index is 0. The molecule has 0 spiro atoms. The second kappa shape index (κ2) is 10.5. The van der Waals surface area contributed by atoms with Crippen molar-refractivity contribution in [1.82, 2.24) is 15.0 Å². The number of aromatic nitrogens is 3. The molecule has 0 aliphatic heterocycles. The summed E-state index contributed by atoms with van der Waals surface area (Å²) < 4.78 is 0. The van der Waals surface area contributed by atoms with Gasteiger partial charge in [-0.3, -0.25) is 0 Å². The summed E-state index contributed by atoms with van der Waals surface area (Å²) in [6, 6.07) is 29.2. The molecule has 0 fully saturated rings. The van der Waals surface area contributed by atoms with Gasteiger partial charge in [0.05, 0.1) is 6.21 Å². The fourth-order valence-corrected chi connectivity index (χ4v) is 2.54. The summed E-state index contributed by atoms with van der Waals surface area (Å²) in [5.74, 6) is 1.13. The highest BCUT2D eigenvalue weighted by Gasteiger charge is 2.07. The maximum Gasteiger partial charge on any atom is 0.250 e. The summed E-state index contributed by atoms with van der Waals surface area (Å²) in [5, 5.41) is 10.6. The zero-order chi connectivity index (χ0) is 19.7. The summed E-state index contributed by atoms with van der Waals surface area (Å²) in [7, 11) is 0. The third-order valence-electron chi connectivity index (χ3n) is 3.87. The van der Waals surface area contributed by atoms with Gasteiger partial charge in [0.25, 0.3) is 0 Å². The third-order valence-corrected chi connectivity index (χ3v) is 3.87. The number of benzene rings is 3. The van der Waals surface area contributed by atoms with Crippen molar-refractivity contribution < 1.29 is 0 Å². The number of nitrogens with one attached hydrogen (secondary N) is 3. The number of nitrogens with zero attached hydrogens (tertiary/aromatic N) is 4. The maximum absolute atomic E-state index is 4.45.